The molecule has 114 valence electrons. The second-order valence-corrected chi connectivity index (χ2v) is 4.99. The van der Waals surface area contributed by atoms with E-state index in [2.05, 4.69) is 0 Å². The lowest BCUT2D eigenvalue weighted by atomic mass is 9.93. The average Bonchev–Trinajstić information content (AvgIpc) is 2.49. The Hall–Kier alpha value is -2.73. The van der Waals surface area contributed by atoms with Crippen LogP contribution in [-0.4, -0.2) is 34.3 Å². The molecule has 2 aromatic carbocycles. The molecular formula is C16H14O6. The molecule has 3 N–H and O–H groups in total. The molecule has 3 rings (SSSR count). The highest BCUT2D eigenvalue weighted by atomic mass is 16.5. The van der Waals surface area contributed by atoms with Gasteiger partial charge in [0.2, 0.25) is 0 Å². The zero-order chi connectivity index (χ0) is 15.9. The van der Waals surface area contributed by atoms with Crippen molar-refractivity contribution in [3.8, 4) is 23.0 Å². The van der Waals surface area contributed by atoms with Crippen molar-refractivity contribution in [1.29, 1.82) is 0 Å². The van der Waals surface area contributed by atoms with Crippen LogP contribution in [0.15, 0.2) is 36.4 Å². The Morgan fingerprint density at radius 3 is 2.50 bits per heavy atom. The number of benzene rings is 2. The lowest BCUT2D eigenvalue weighted by Gasteiger charge is -2.32. The van der Waals surface area contributed by atoms with E-state index in [0.29, 0.717) is 11.1 Å². The first-order valence-corrected chi connectivity index (χ1v) is 6.60. The molecule has 0 unspecified atom stereocenters. The Morgan fingerprint density at radius 2 is 1.82 bits per heavy atom. The number of fused-ring (bicyclic) bond motifs is 1. The Balaban J connectivity index is 2.07. The van der Waals surface area contributed by atoms with Gasteiger partial charge >= 0.3 is 0 Å². The fourth-order valence-corrected chi connectivity index (χ4v) is 2.49. The van der Waals surface area contributed by atoms with Crippen LogP contribution in [0.3, 0.4) is 0 Å². The van der Waals surface area contributed by atoms with E-state index in [1.54, 1.807) is 0 Å². The molecule has 0 fully saturated rings. The van der Waals surface area contributed by atoms with Crippen LogP contribution in [0, 0.1) is 0 Å². The Morgan fingerprint density at radius 1 is 1.05 bits per heavy atom. The van der Waals surface area contributed by atoms with Gasteiger partial charge < -0.3 is 24.8 Å². The number of hydrogen-bond acceptors (Lipinski definition) is 6. The number of phenols is 3. The second kappa shape index (κ2) is 5.23. The Labute approximate surface area is 126 Å². The fraction of sp³-hybridized carbons (Fsp3) is 0.188. The number of phenolic OH excluding ortho intramolecular Hbond substituents is 3. The first-order valence-electron chi connectivity index (χ1n) is 6.60. The van der Waals surface area contributed by atoms with Gasteiger partial charge in [0.25, 0.3) is 0 Å². The van der Waals surface area contributed by atoms with Crippen molar-refractivity contribution in [2.75, 3.05) is 7.11 Å². The molecule has 0 spiro atoms. The minimum atomic E-state index is -0.888. The molecule has 1 aliphatic heterocycles. The van der Waals surface area contributed by atoms with Crippen LogP contribution in [-0.2, 0) is 4.74 Å². The minimum absolute atomic E-state index is 0.0188. The highest BCUT2D eigenvalue weighted by molar-refractivity contribution is 6.03. The molecule has 2 aromatic rings. The minimum Gasteiger partial charge on any atom is -0.508 e. The van der Waals surface area contributed by atoms with Crippen LogP contribution < -0.4 is 4.74 Å². The standard InChI is InChI=1S/C16H14O6/c1-21-16-14(20)10-4-3-9(17)7-13(10)22-15(16)8-2-5-11(18)12(19)6-8/h2-7,15-19H,1H3/t15-,16+/m1/s1. The maximum absolute atomic E-state index is 12.5. The van der Waals surface area contributed by atoms with E-state index in [1.807, 2.05) is 0 Å². The Kier molecular flexibility index (Phi) is 3.38. The van der Waals surface area contributed by atoms with Crippen LogP contribution in [0.1, 0.15) is 22.0 Å². The van der Waals surface area contributed by atoms with E-state index < -0.39 is 12.2 Å². The SMILES string of the molecule is CO[C@H]1C(=O)c2ccc(O)cc2O[C@@H]1c1ccc(O)c(O)c1. The molecule has 6 heteroatoms. The molecule has 0 radical (unpaired) electrons. The van der Waals surface area contributed by atoms with Crippen LogP contribution in [0.2, 0.25) is 0 Å². The van der Waals surface area contributed by atoms with Crippen LogP contribution in [0.5, 0.6) is 23.0 Å². The number of Topliss-reactive ketones (excluding diaryl/α,β-unsaturated/α-hetero) is 1. The zero-order valence-electron chi connectivity index (χ0n) is 11.7. The fourth-order valence-electron chi connectivity index (χ4n) is 2.49. The van der Waals surface area contributed by atoms with Gasteiger partial charge in [0.1, 0.15) is 11.5 Å². The molecule has 0 saturated carbocycles. The van der Waals surface area contributed by atoms with Gasteiger partial charge in [-0.1, -0.05) is 6.07 Å². The van der Waals surface area contributed by atoms with E-state index in [9.17, 15) is 20.1 Å². The number of rotatable bonds is 2. The lowest BCUT2D eigenvalue weighted by Crippen LogP contribution is -2.37. The summed E-state index contributed by atoms with van der Waals surface area (Å²) in [6, 6.07) is 8.39. The summed E-state index contributed by atoms with van der Waals surface area (Å²) in [6.45, 7) is 0. The number of aromatic hydroxyl groups is 3. The van der Waals surface area contributed by atoms with Gasteiger partial charge in [0, 0.05) is 13.2 Å². The van der Waals surface area contributed by atoms with Gasteiger partial charge in [-0.15, -0.1) is 0 Å². The second-order valence-electron chi connectivity index (χ2n) is 4.99. The largest absolute Gasteiger partial charge is 0.508 e. The number of ether oxygens (including phenoxy) is 2. The highest BCUT2D eigenvalue weighted by Gasteiger charge is 2.38. The molecule has 6 nitrogen and oxygen atoms in total. The molecule has 0 bridgehead atoms. The molecule has 1 heterocycles. The summed E-state index contributed by atoms with van der Waals surface area (Å²) in [5.74, 6) is -0.630. The first kappa shape index (κ1) is 14.2. The summed E-state index contributed by atoms with van der Waals surface area (Å²) in [7, 11) is 1.39. The number of ketones is 1. The van der Waals surface area contributed by atoms with Gasteiger partial charge in [-0.05, 0) is 29.8 Å². The predicted molar refractivity (Wildman–Crippen MR) is 76.4 cm³/mol. The van der Waals surface area contributed by atoms with Crippen LogP contribution in [0.25, 0.3) is 0 Å². The Bertz CT molecular complexity index is 739. The zero-order valence-corrected chi connectivity index (χ0v) is 11.7. The molecule has 0 saturated heterocycles. The quantitative estimate of drug-likeness (QED) is 0.735. The summed E-state index contributed by atoms with van der Waals surface area (Å²) in [4.78, 5) is 12.5. The van der Waals surface area contributed by atoms with Crippen molar-refractivity contribution in [1.82, 2.24) is 0 Å². The molecule has 1 aliphatic rings. The van der Waals surface area contributed by atoms with Gasteiger partial charge in [-0.2, -0.15) is 0 Å². The predicted octanol–water partition coefficient (Wildman–Crippen LogP) is 2.13. The normalized spacial score (nSPS) is 20.3. The number of hydrogen-bond donors (Lipinski definition) is 3. The topological polar surface area (TPSA) is 96.2 Å². The third kappa shape index (κ3) is 2.23. The first-order chi connectivity index (χ1) is 10.5. The van der Waals surface area contributed by atoms with Crippen LogP contribution in [0.4, 0.5) is 0 Å². The number of carbonyl (C=O) groups excluding carboxylic acids is 1. The third-order valence-corrected chi connectivity index (χ3v) is 3.60. The molecular weight excluding hydrogens is 288 g/mol. The summed E-state index contributed by atoms with van der Waals surface area (Å²) in [6.07, 6.45) is -1.68. The van der Waals surface area contributed by atoms with Gasteiger partial charge in [-0.3, -0.25) is 4.79 Å². The van der Waals surface area contributed by atoms with E-state index in [-0.39, 0.29) is 28.8 Å². The van der Waals surface area contributed by atoms with Gasteiger partial charge in [0.05, 0.1) is 5.56 Å². The molecule has 0 aromatic heterocycles. The van der Waals surface area contributed by atoms with Crippen molar-refractivity contribution >= 4 is 5.78 Å². The summed E-state index contributed by atoms with van der Waals surface area (Å²) < 4.78 is 11.0. The van der Waals surface area contributed by atoms with E-state index >= 15 is 0 Å². The summed E-state index contributed by atoms with van der Waals surface area (Å²) in [5.41, 5.74) is 0.799. The number of methoxy groups -OCH3 is 1. The van der Waals surface area contributed by atoms with E-state index in [4.69, 9.17) is 9.47 Å². The van der Waals surface area contributed by atoms with Crippen molar-refractivity contribution in [3.63, 3.8) is 0 Å². The smallest absolute Gasteiger partial charge is 0.199 e. The third-order valence-electron chi connectivity index (χ3n) is 3.60. The van der Waals surface area contributed by atoms with Crippen LogP contribution >= 0.6 is 0 Å². The van der Waals surface area contributed by atoms with Crippen molar-refractivity contribution in [3.05, 3.63) is 47.5 Å². The summed E-state index contributed by atoms with van der Waals surface area (Å²) >= 11 is 0. The van der Waals surface area contributed by atoms with Crippen molar-refractivity contribution in [2.45, 2.75) is 12.2 Å². The molecule has 0 aliphatic carbocycles. The maximum Gasteiger partial charge on any atom is 0.199 e. The molecule has 2 atom stereocenters. The maximum atomic E-state index is 12.5. The van der Waals surface area contributed by atoms with Crippen molar-refractivity contribution in [2.24, 2.45) is 0 Å². The highest BCUT2D eigenvalue weighted by Crippen LogP contribution is 2.39. The summed E-state index contributed by atoms with van der Waals surface area (Å²) in [5, 5.41) is 28.6. The molecule has 0 amide bonds. The number of carbonyl (C=O) groups is 1. The van der Waals surface area contributed by atoms with Gasteiger partial charge in [-0.25, -0.2) is 0 Å². The van der Waals surface area contributed by atoms with E-state index in [1.165, 1.54) is 43.5 Å². The van der Waals surface area contributed by atoms with Gasteiger partial charge in [0.15, 0.2) is 29.5 Å². The molecule has 22 heavy (non-hydrogen) atoms. The van der Waals surface area contributed by atoms with E-state index in [0.717, 1.165) is 0 Å². The van der Waals surface area contributed by atoms with Crippen molar-refractivity contribution < 1.29 is 29.6 Å². The monoisotopic (exact) mass is 302 g/mol. The average molecular weight is 302 g/mol. The lowest BCUT2D eigenvalue weighted by molar-refractivity contribution is -0.000757.